The van der Waals surface area contributed by atoms with Crippen molar-refractivity contribution < 1.29 is 8.42 Å². The molecule has 0 saturated heterocycles. The molecule has 0 radical (unpaired) electrons. The molecule has 2 aromatic rings. The summed E-state index contributed by atoms with van der Waals surface area (Å²) in [6, 6.07) is 7.76. The topological polar surface area (TPSA) is 63.2 Å². The van der Waals surface area contributed by atoms with E-state index < -0.39 is 10.0 Å². The van der Waals surface area contributed by atoms with Gasteiger partial charge in [0.2, 0.25) is 15.3 Å². The van der Waals surface area contributed by atoms with Crippen LogP contribution in [0.3, 0.4) is 0 Å². The molecule has 1 aromatic carbocycles. The first-order valence-corrected chi connectivity index (χ1v) is 8.28. The summed E-state index contributed by atoms with van der Waals surface area (Å²) < 4.78 is 26.5. The minimum absolute atomic E-state index is 0.0238. The average Bonchev–Trinajstić information content (AvgIpc) is 2.45. The van der Waals surface area contributed by atoms with Crippen LogP contribution in [0, 0.1) is 6.92 Å². The first-order valence-electron chi connectivity index (χ1n) is 6.46. The summed E-state index contributed by atoms with van der Waals surface area (Å²) in [5.74, 6) is 0. The molecule has 0 aliphatic rings. The Balaban J connectivity index is 2.29. The minimum atomic E-state index is -3.63. The maximum atomic E-state index is 12.6. The lowest BCUT2D eigenvalue weighted by Gasteiger charge is -2.20. The third kappa shape index (κ3) is 3.78. The van der Waals surface area contributed by atoms with Crippen LogP contribution >= 0.6 is 11.6 Å². The Kier molecular flexibility index (Phi) is 4.92. The van der Waals surface area contributed by atoms with Gasteiger partial charge in [-0.25, -0.2) is 18.4 Å². The summed E-state index contributed by atoms with van der Waals surface area (Å²) in [7, 11) is -3.63. The molecular weight excluding hydrogens is 310 g/mol. The molecule has 1 heterocycles. The van der Waals surface area contributed by atoms with Crippen molar-refractivity contribution in [2.75, 3.05) is 6.54 Å². The Labute approximate surface area is 129 Å². The van der Waals surface area contributed by atoms with Crippen molar-refractivity contribution >= 4 is 21.6 Å². The minimum Gasteiger partial charge on any atom is -0.225 e. The predicted octanol–water partition coefficient (Wildman–Crippen LogP) is 2.65. The molecule has 1 aromatic heterocycles. The summed E-state index contributed by atoms with van der Waals surface area (Å²) in [6.07, 6.45) is 2.45. The number of halogens is 1. The van der Waals surface area contributed by atoms with Crippen LogP contribution in [0.25, 0.3) is 0 Å². The first kappa shape index (κ1) is 15.9. The molecule has 0 fully saturated rings. The van der Waals surface area contributed by atoms with E-state index in [0.717, 1.165) is 11.1 Å². The van der Waals surface area contributed by atoms with E-state index in [4.69, 9.17) is 11.6 Å². The second-order valence-electron chi connectivity index (χ2n) is 4.61. The highest BCUT2D eigenvalue weighted by Crippen LogP contribution is 2.18. The monoisotopic (exact) mass is 325 g/mol. The molecule has 21 heavy (non-hydrogen) atoms. The fourth-order valence-corrected chi connectivity index (χ4v) is 3.39. The Bertz CT molecular complexity index is 717. The number of sulfonamides is 1. The van der Waals surface area contributed by atoms with Gasteiger partial charge in [-0.1, -0.05) is 36.8 Å². The second-order valence-corrected chi connectivity index (χ2v) is 6.88. The highest BCUT2D eigenvalue weighted by molar-refractivity contribution is 7.89. The molecule has 7 heteroatoms. The Morgan fingerprint density at radius 3 is 2.48 bits per heavy atom. The molecule has 0 aliphatic heterocycles. The molecule has 0 amide bonds. The number of nitrogens with zero attached hydrogens (tertiary/aromatic N) is 3. The van der Waals surface area contributed by atoms with Gasteiger partial charge in [0.25, 0.3) is 0 Å². The van der Waals surface area contributed by atoms with Gasteiger partial charge in [0.05, 0.1) is 12.4 Å². The second kappa shape index (κ2) is 6.51. The standard InChI is InChI=1S/C14H16ClN3O2S/c1-3-18(10-12-6-4-5-11(2)7-12)21(19,20)13-8-16-14(15)17-9-13/h4-9H,3,10H2,1-2H3. The molecule has 0 aliphatic carbocycles. The molecule has 5 nitrogen and oxygen atoms in total. The lowest BCUT2D eigenvalue weighted by atomic mass is 10.1. The first-order chi connectivity index (χ1) is 9.93. The zero-order valence-electron chi connectivity index (χ0n) is 11.8. The molecule has 112 valence electrons. The lowest BCUT2D eigenvalue weighted by Crippen LogP contribution is -2.30. The summed E-state index contributed by atoms with van der Waals surface area (Å²) in [5.41, 5.74) is 2.03. The summed E-state index contributed by atoms with van der Waals surface area (Å²) >= 11 is 5.59. The normalized spacial score (nSPS) is 11.8. The number of hydrogen-bond donors (Lipinski definition) is 0. The van der Waals surface area contributed by atoms with Gasteiger partial charge in [-0.3, -0.25) is 0 Å². The van der Waals surface area contributed by atoms with E-state index in [9.17, 15) is 8.42 Å². The summed E-state index contributed by atoms with van der Waals surface area (Å²) in [5, 5.41) is 0.0238. The fraction of sp³-hybridized carbons (Fsp3) is 0.286. The Morgan fingerprint density at radius 2 is 1.90 bits per heavy atom. The van der Waals surface area contributed by atoms with E-state index in [0.29, 0.717) is 13.1 Å². The molecule has 2 rings (SSSR count). The number of aryl methyl sites for hydroxylation is 1. The quantitative estimate of drug-likeness (QED) is 0.793. The zero-order valence-corrected chi connectivity index (χ0v) is 13.4. The fourth-order valence-electron chi connectivity index (χ4n) is 1.96. The van der Waals surface area contributed by atoms with Crippen LogP contribution in [0.15, 0.2) is 41.6 Å². The van der Waals surface area contributed by atoms with Crippen molar-refractivity contribution in [2.24, 2.45) is 0 Å². The smallest absolute Gasteiger partial charge is 0.225 e. The van der Waals surface area contributed by atoms with Gasteiger partial charge in [0.15, 0.2) is 0 Å². The molecule has 0 saturated carbocycles. The Hall–Kier alpha value is -1.50. The lowest BCUT2D eigenvalue weighted by molar-refractivity contribution is 0.423. The zero-order chi connectivity index (χ0) is 15.5. The van der Waals surface area contributed by atoms with Crippen molar-refractivity contribution in [3.8, 4) is 0 Å². The van der Waals surface area contributed by atoms with E-state index in [1.165, 1.54) is 16.7 Å². The van der Waals surface area contributed by atoms with Gasteiger partial charge in [0, 0.05) is 13.1 Å². The molecule has 0 N–H and O–H groups in total. The van der Waals surface area contributed by atoms with Crippen LogP contribution in [0.5, 0.6) is 0 Å². The highest BCUT2D eigenvalue weighted by atomic mass is 35.5. The predicted molar refractivity (Wildman–Crippen MR) is 81.5 cm³/mol. The molecule has 0 unspecified atom stereocenters. The van der Waals surface area contributed by atoms with Gasteiger partial charge in [-0.15, -0.1) is 0 Å². The largest absolute Gasteiger partial charge is 0.246 e. The van der Waals surface area contributed by atoms with Crippen LogP contribution in [0.4, 0.5) is 0 Å². The molecular formula is C14H16ClN3O2S. The SMILES string of the molecule is CCN(Cc1cccc(C)c1)S(=O)(=O)c1cnc(Cl)nc1. The van der Waals surface area contributed by atoms with Gasteiger partial charge < -0.3 is 0 Å². The number of aromatic nitrogens is 2. The van der Waals surface area contributed by atoms with Crippen LogP contribution < -0.4 is 0 Å². The molecule has 0 bridgehead atoms. The van der Waals surface area contributed by atoms with E-state index in [-0.39, 0.29) is 10.2 Å². The van der Waals surface area contributed by atoms with Crippen molar-refractivity contribution in [1.82, 2.24) is 14.3 Å². The van der Waals surface area contributed by atoms with E-state index >= 15 is 0 Å². The van der Waals surface area contributed by atoms with Gasteiger partial charge in [-0.2, -0.15) is 4.31 Å². The van der Waals surface area contributed by atoms with E-state index in [1.54, 1.807) is 6.92 Å². The van der Waals surface area contributed by atoms with Crippen LogP contribution in [-0.2, 0) is 16.6 Å². The van der Waals surface area contributed by atoms with Gasteiger partial charge >= 0.3 is 0 Å². The molecule has 0 atom stereocenters. The van der Waals surface area contributed by atoms with Gasteiger partial charge in [-0.05, 0) is 24.1 Å². The van der Waals surface area contributed by atoms with Crippen LogP contribution in [-0.4, -0.2) is 29.2 Å². The Morgan fingerprint density at radius 1 is 1.24 bits per heavy atom. The number of benzene rings is 1. The van der Waals surface area contributed by atoms with E-state index in [1.807, 2.05) is 31.2 Å². The summed E-state index contributed by atoms with van der Waals surface area (Å²) in [6.45, 7) is 4.44. The van der Waals surface area contributed by atoms with Crippen molar-refractivity contribution in [1.29, 1.82) is 0 Å². The van der Waals surface area contributed by atoms with Crippen LogP contribution in [0.2, 0.25) is 5.28 Å². The van der Waals surface area contributed by atoms with E-state index in [2.05, 4.69) is 9.97 Å². The number of rotatable bonds is 5. The third-order valence-corrected chi connectivity index (χ3v) is 5.10. The average molecular weight is 326 g/mol. The maximum absolute atomic E-state index is 12.6. The van der Waals surface area contributed by atoms with Crippen molar-refractivity contribution in [2.45, 2.75) is 25.3 Å². The molecule has 0 spiro atoms. The number of hydrogen-bond acceptors (Lipinski definition) is 4. The highest BCUT2D eigenvalue weighted by Gasteiger charge is 2.24. The summed E-state index contributed by atoms with van der Waals surface area (Å²) in [4.78, 5) is 7.51. The maximum Gasteiger partial charge on any atom is 0.246 e. The van der Waals surface area contributed by atoms with Crippen LogP contribution in [0.1, 0.15) is 18.1 Å². The van der Waals surface area contributed by atoms with Crippen molar-refractivity contribution in [3.05, 3.63) is 53.1 Å². The van der Waals surface area contributed by atoms with Crippen molar-refractivity contribution in [3.63, 3.8) is 0 Å². The van der Waals surface area contributed by atoms with Gasteiger partial charge in [0.1, 0.15) is 4.90 Å². The third-order valence-electron chi connectivity index (χ3n) is 3.03.